The summed E-state index contributed by atoms with van der Waals surface area (Å²) in [5, 5.41) is 8.04. The fourth-order valence-corrected chi connectivity index (χ4v) is 1.71. The lowest BCUT2D eigenvalue weighted by molar-refractivity contribution is 0.342. The molecule has 0 amide bonds. The fraction of sp³-hybridized carbons (Fsp3) is 0.385. The average Bonchev–Trinajstić information content (AvgIpc) is 2.81. The van der Waals surface area contributed by atoms with Crippen LogP contribution in [-0.4, -0.2) is 16.8 Å². The Morgan fingerprint density at radius 2 is 2.11 bits per heavy atom. The number of anilines is 1. The van der Waals surface area contributed by atoms with Crippen molar-refractivity contribution in [2.75, 3.05) is 12.3 Å². The first-order chi connectivity index (χ1) is 8.76. The summed E-state index contributed by atoms with van der Waals surface area (Å²) in [5.74, 6) is 1.69. The number of aryl methyl sites for hydroxylation is 1. The Morgan fingerprint density at radius 1 is 1.28 bits per heavy atom. The van der Waals surface area contributed by atoms with Gasteiger partial charge < -0.3 is 14.9 Å². The minimum absolute atomic E-state index is 0.453. The standard InChI is InChI=1S/C13H17N3O2/c1-3-6-11-15-16-13(18-11)9-7-5-8-10(14)12(9)17-4-2/h5,7-8H,3-4,6,14H2,1-2H3. The third-order valence-corrected chi connectivity index (χ3v) is 2.50. The van der Waals surface area contributed by atoms with Gasteiger partial charge in [-0.15, -0.1) is 10.2 Å². The first-order valence-corrected chi connectivity index (χ1v) is 6.10. The van der Waals surface area contributed by atoms with Gasteiger partial charge in [0, 0.05) is 6.42 Å². The zero-order valence-electron chi connectivity index (χ0n) is 10.6. The molecule has 0 aliphatic rings. The number of ether oxygens (including phenoxy) is 1. The number of aromatic nitrogens is 2. The number of hydrogen-bond donors (Lipinski definition) is 1. The van der Waals surface area contributed by atoms with E-state index in [1.807, 2.05) is 19.1 Å². The number of nitrogens with two attached hydrogens (primary N) is 1. The smallest absolute Gasteiger partial charge is 0.251 e. The van der Waals surface area contributed by atoms with Crippen molar-refractivity contribution < 1.29 is 9.15 Å². The van der Waals surface area contributed by atoms with Crippen LogP contribution in [0.2, 0.25) is 0 Å². The van der Waals surface area contributed by atoms with E-state index in [-0.39, 0.29) is 0 Å². The minimum atomic E-state index is 0.453. The summed E-state index contributed by atoms with van der Waals surface area (Å²) in [6.07, 6.45) is 1.75. The maximum Gasteiger partial charge on any atom is 0.251 e. The molecule has 2 aromatic rings. The van der Waals surface area contributed by atoms with Crippen LogP contribution in [0.1, 0.15) is 26.2 Å². The van der Waals surface area contributed by atoms with Crippen LogP contribution < -0.4 is 10.5 Å². The zero-order chi connectivity index (χ0) is 13.0. The van der Waals surface area contributed by atoms with Gasteiger partial charge in [0.05, 0.1) is 17.9 Å². The molecule has 2 N–H and O–H groups in total. The summed E-state index contributed by atoms with van der Waals surface area (Å²) in [4.78, 5) is 0. The maximum atomic E-state index is 5.90. The van der Waals surface area contributed by atoms with E-state index in [0.717, 1.165) is 18.4 Å². The predicted molar refractivity (Wildman–Crippen MR) is 69.3 cm³/mol. The van der Waals surface area contributed by atoms with Gasteiger partial charge in [0.1, 0.15) is 0 Å². The summed E-state index contributed by atoms with van der Waals surface area (Å²) < 4.78 is 11.1. The van der Waals surface area contributed by atoms with Crippen LogP contribution in [0.5, 0.6) is 5.75 Å². The van der Waals surface area contributed by atoms with E-state index in [2.05, 4.69) is 17.1 Å². The molecule has 0 atom stereocenters. The summed E-state index contributed by atoms with van der Waals surface area (Å²) in [5.41, 5.74) is 7.21. The van der Waals surface area contributed by atoms with Gasteiger partial charge in [0.25, 0.3) is 5.89 Å². The number of nitrogen functional groups attached to an aromatic ring is 1. The molecule has 0 aliphatic carbocycles. The van der Waals surface area contributed by atoms with Crippen molar-refractivity contribution in [3.63, 3.8) is 0 Å². The Balaban J connectivity index is 2.39. The Bertz CT molecular complexity index is 523. The highest BCUT2D eigenvalue weighted by molar-refractivity contribution is 5.72. The van der Waals surface area contributed by atoms with Crippen molar-refractivity contribution in [3.8, 4) is 17.2 Å². The van der Waals surface area contributed by atoms with Gasteiger partial charge in [-0.2, -0.15) is 0 Å². The minimum Gasteiger partial charge on any atom is -0.491 e. The van der Waals surface area contributed by atoms with Gasteiger partial charge in [-0.25, -0.2) is 0 Å². The molecule has 0 spiro atoms. The van der Waals surface area contributed by atoms with Crippen molar-refractivity contribution in [1.29, 1.82) is 0 Å². The average molecular weight is 247 g/mol. The molecule has 0 bridgehead atoms. The van der Waals surface area contributed by atoms with E-state index in [1.165, 1.54) is 0 Å². The fourth-order valence-electron chi connectivity index (χ4n) is 1.71. The molecule has 96 valence electrons. The Kier molecular flexibility index (Phi) is 3.82. The predicted octanol–water partition coefficient (Wildman–Crippen LogP) is 2.67. The van der Waals surface area contributed by atoms with Crippen molar-refractivity contribution in [2.24, 2.45) is 0 Å². The summed E-state index contributed by atoms with van der Waals surface area (Å²) in [6.45, 7) is 4.51. The van der Waals surface area contributed by atoms with Crippen LogP contribution in [0, 0.1) is 0 Å². The van der Waals surface area contributed by atoms with E-state index in [0.29, 0.717) is 29.8 Å². The normalized spacial score (nSPS) is 10.6. The van der Waals surface area contributed by atoms with Crippen LogP contribution in [0.25, 0.3) is 11.5 Å². The molecule has 1 aromatic heterocycles. The van der Waals surface area contributed by atoms with Crippen LogP contribution in [0.15, 0.2) is 22.6 Å². The molecule has 0 unspecified atom stereocenters. The molecular weight excluding hydrogens is 230 g/mol. The maximum absolute atomic E-state index is 5.90. The third-order valence-electron chi connectivity index (χ3n) is 2.50. The molecule has 1 heterocycles. The van der Waals surface area contributed by atoms with Crippen molar-refractivity contribution in [2.45, 2.75) is 26.7 Å². The van der Waals surface area contributed by atoms with Gasteiger partial charge in [-0.3, -0.25) is 0 Å². The van der Waals surface area contributed by atoms with Crippen molar-refractivity contribution >= 4 is 5.69 Å². The van der Waals surface area contributed by atoms with E-state index < -0.39 is 0 Å². The lowest BCUT2D eigenvalue weighted by Crippen LogP contribution is -1.99. The third kappa shape index (κ3) is 2.45. The molecule has 5 nitrogen and oxygen atoms in total. The highest BCUT2D eigenvalue weighted by Gasteiger charge is 2.15. The second-order valence-electron chi connectivity index (χ2n) is 3.91. The topological polar surface area (TPSA) is 74.2 Å². The molecule has 2 rings (SSSR count). The van der Waals surface area contributed by atoms with Crippen LogP contribution in [-0.2, 0) is 6.42 Å². The first-order valence-electron chi connectivity index (χ1n) is 6.10. The molecule has 0 saturated carbocycles. The van der Waals surface area contributed by atoms with Crippen molar-refractivity contribution in [3.05, 3.63) is 24.1 Å². The van der Waals surface area contributed by atoms with Gasteiger partial charge in [-0.05, 0) is 25.5 Å². The van der Waals surface area contributed by atoms with Crippen molar-refractivity contribution in [1.82, 2.24) is 10.2 Å². The molecular formula is C13H17N3O2. The zero-order valence-corrected chi connectivity index (χ0v) is 10.6. The lowest BCUT2D eigenvalue weighted by Gasteiger charge is -2.09. The van der Waals surface area contributed by atoms with Crippen LogP contribution >= 0.6 is 0 Å². The number of para-hydroxylation sites is 1. The van der Waals surface area contributed by atoms with Gasteiger partial charge >= 0.3 is 0 Å². The van der Waals surface area contributed by atoms with Crippen LogP contribution in [0.3, 0.4) is 0 Å². The second kappa shape index (κ2) is 5.53. The Hall–Kier alpha value is -2.04. The van der Waals surface area contributed by atoms with Gasteiger partial charge in [-0.1, -0.05) is 13.0 Å². The number of hydrogen-bond acceptors (Lipinski definition) is 5. The van der Waals surface area contributed by atoms with E-state index >= 15 is 0 Å². The molecule has 5 heteroatoms. The summed E-state index contributed by atoms with van der Waals surface area (Å²) in [6, 6.07) is 5.50. The van der Waals surface area contributed by atoms with E-state index in [1.54, 1.807) is 6.07 Å². The van der Waals surface area contributed by atoms with Gasteiger partial charge in [0.15, 0.2) is 5.75 Å². The number of nitrogens with zero attached hydrogens (tertiary/aromatic N) is 2. The SMILES string of the molecule is CCCc1nnc(-c2cccc(N)c2OCC)o1. The van der Waals surface area contributed by atoms with Gasteiger partial charge in [0.2, 0.25) is 5.89 Å². The summed E-state index contributed by atoms with van der Waals surface area (Å²) >= 11 is 0. The monoisotopic (exact) mass is 247 g/mol. The van der Waals surface area contributed by atoms with E-state index in [9.17, 15) is 0 Å². The Labute approximate surface area is 106 Å². The second-order valence-corrected chi connectivity index (χ2v) is 3.91. The Morgan fingerprint density at radius 3 is 2.83 bits per heavy atom. The molecule has 0 aliphatic heterocycles. The lowest BCUT2D eigenvalue weighted by atomic mass is 10.1. The van der Waals surface area contributed by atoms with Crippen LogP contribution in [0.4, 0.5) is 5.69 Å². The quantitative estimate of drug-likeness (QED) is 0.822. The highest BCUT2D eigenvalue weighted by Crippen LogP contribution is 2.34. The molecule has 0 saturated heterocycles. The number of rotatable bonds is 5. The largest absolute Gasteiger partial charge is 0.491 e. The molecule has 0 radical (unpaired) electrons. The van der Waals surface area contributed by atoms with E-state index in [4.69, 9.17) is 14.9 Å². The molecule has 18 heavy (non-hydrogen) atoms. The summed E-state index contributed by atoms with van der Waals surface area (Å²) in [7, 11) is 0. The first kappa shape index (κ1) is 12.4. The highest BCUT2D eigenvalue weighted by atomic mass is 16.5. The molecule has 1 aromatic carbocycles. The molecule has 0 fully saturated rings. The number of benzene rings is 1.